The summed E-state index contributed by atoms with van der Waals surface area (Å²) in [5, 5.41) is 8.10. The standard InChI is InChI=1S/C19H22N4O/c1-24-16-9-7-14(8-10-16)17-13-19(21-15-5-3-2-4-6-15)23-18(22-17)11-12-20-23/h7-13,15,21H,2-6H2,1H3. The molecule has 2 aromatic heterocycles. The molecule has 2 heterocycles. The Bertz CT molecular complexity index is 819. The van der Waals surface area contributed by atoms with E-state index in [4.69, 9.17) is 9.72 Å². The van der Waals surface area contributed by atoms with Crippen molar-refractivity contribution in [1.29, 1.82) is 0 Å². The Morgan fingerprint density at radius 1 is 1.08 bits per heavy atom. The van der Waals surface area contributed by atoms with Crippen molar-refractivity contribution < 1.29 is 4.74 Å². The summed E-state index contributed by atoms with van der Waals surface area (Å²) in [7, 11) is 1.68. The van der Waals surface area contributed by atoms with Crippen molar-refractivity contribution in [2.45, 2.75) is 38.1 Å². The SMILES string of the molecule is COc1ccc(-c2cc(NC3CCCCC3)n3nccc3n2)cc1. The van der Waals surface area contributed by atoms with Crippen LogP contribution in [-0.4, -0.2) is 27.7 Å². The Labute approximate surface area is 141 Å². The summed E-state index contributed by atoms with van der Waals surface area (Å²) in [6.07, 6.45) is 8.20. The van der Waals surface area contributed by atoms with E-state index in [9.17, 15) is 0 Å². The van der Waals surface area contributed by atoms with E-state index in [1.165, 1.54) is 32.1 Å². The van der Waals surface area contributed by atoms with Crippen LogP contribution in [0.5, 0.6) is 5.75 Å². The maximum atomic E-state index is 5.24. The average molecular weight is 322 g/mol. The molecule has 24 heavy (non-hydrogen) atoms. The summed E-state index contributed by atoms with van der Waals surface area (Å²) in [6, 6.07) is 12.6. The first kappa shape index (κ1) is 15.0. The molecular formula is C19H22N4O. The minimum Gasteiger partial charge on any atom is -0.497 e. The second kappa shape index (κ2) is 6.51. The predicted molar refractivity (Wildman–Crippen MR) is 95.5 cm³/mol. The van der Waals surface area contributed by atoms with E-state index in [1.54, 1.807) is 13.3 Å². The first-order valence-corrected chi connectivity index (χ1v) is 8.59. The van der Waals surface area contributed by atoms with Gasteiger partial charge in [-0.2, -0.15) is 9.61 Å². The number of hydrogen-bond donors (Lipinski definition) is 1. The van der Waals surface area contributed by atoms with Crippen LogP contribution in [-0.2, 0) is 0 Å². The summed E-state index contributed by atoms with van der Waals surface area (Å²) >= 11 is 0. The third kappa shape index (κ3) is 2.94. The van der Waals surface area contributed by atoms with E-state index in [0.717, 1.165) is 28.5 Å². The third-order valence-corrected chi connectivity index (χ3v) is 4.70. The predicted octanol–water partition coefficient (Wildman–Crippen LogP) is 4.15. The Balaban J connectivity index is 1.70. The lowest BCUT2D eigenvalue weighted by atomic mass is 9.95. The van der Waals surface area contributed by atoms with Crippen molar-refractivity contribution in [2.24, 2.45) is 0 Å². The zero-order valence-electron chi connectivity index (χ0n) is 13.9. The Morgan fingerprint density at radius 2 is 1.88 bits per heavy atom. The highest BCUT2D eigenvalue weighted by molar-refractivity contribution is 5.67. The highest BCUT2D eigenvalue weighted by atomic mass is 16.5. The molecule has 5 nitrogen and oxygen atoms in total. The number of nitrogens with one attached hydrogen (secondary N) is 1. The van der Waals surface area contributed by atoms with Crippen molar-refractivity contribution in [1.82, 2.24) is 14.6 Å². The molecule has 1 aliphatic rings. The Hall–Kier alpha value is -2.56. The number of benzene rings is 1. The second-order valence-electron chi connectivity index (χ2n) is 6.34. The van der Waals surface area contributed by atoms with Gasteiger partial charge in [0.25, 0.3) is 0 Å². The van der Waals surface area contributed by atoms with Gasteiger partial charge in [0.1, 0.15) is 11.6 Å². The van der Waals surface area contributed by atoms with Crippen molar-refractivity contribution in [3.05, 3.63) is 42.6 Å². The fourth-order valence-electron chi connectivity index (χ4n) is 3.38. The van der Waals surface area contributed by atoms with E-state index < -0.39 is 0 Å². The van der Waals surface area contributed by atoms with Gasteiger partial charge in [-0.3, -0.25) is 0 Å². The van der Waals surface area contributed by atoms with Crippen LogP contribution in [0.3, 0.4) is 0 Å². The smallest absolute Gasteiger partial charge is 0.157 e. The van der Waals surface area contributed by atoms with E-state index in [-0.39, 0.29) is 0 Å². The summed E-state index contributed by atoms with van der Waals surface area (Å²) in [6.45, 7) is 0. The maximum absolute atomic E-state index is 5.24. The lowest BCUT2D eigenvalue weighted by Gasteiger charge is -2.24. The van der Waals surface area contributed by atoms with Gasteiger partial charge >= 0.3 is 0 Å². The molecule has 3 aromatic rings. The summed E-state index contributed by atoms with van der Waals surface area (Å²) < 4.78 is 7.13. The molecule has 0 saturated heterocycles. The molecule has 5 heteroatoms. The molecule has 0 atom stereocenters. The zero-order chi connectivity index (χ0) is 16.4. The van der Waals surface area contributed by atoms with Gasteiger partial charge in [0.2, 0.25) is 0 Å². The Morgan fingerprint density at radius 3 is 2.62 bits per heavy atom. The van der Waals surface area contributed by atoms with Crippen LogP contribution in [0.1, 0.15) is 32.1 Å². The van der Waals surface area contributed by atoms with Gasteiger partial charge in [0.05, 0.1) is 19.0 Å². The Kier molecular flexibility index (Phi) is 4.07. The van der Waals surface area contributed by atoms with Gasteiger partial charge in [-0.05, 0) is 37.1 Å². The number of nitrogens with zero attached hydrogens (tertiary/aromatic N) is 3. The molecule has 0 amide bonds. The van der Waals surface area contributed by atoms with Gasteiger partial charge in [0, 0.05) is 23.7 Å². The van der Waals surface area contributed by atoms with Gasteiger partial charge in [-0.1, -0.05) is 19.3 Å². The zero-order valence-corrected chi connectivity index (χ0v) is 13.9. The van der Waals surface area contributed by atoms with Crippen LogP contribution in [0.25, 0.3) is 16.9 Å². The molecule has 0 unspecified atom stereocenters. The van der Waals surface area contributed by atoms with Crippen molar-refractivity contribution in [3.8, 4) is 17.0 Å². The topological polar surface area (TPSA) is 51.5 Å². The quantitative estimate of drug-likeness (QED) is 0.784. The minimum atomic E-state index is 0.525. The van der Waals surface area contributed by atoms with Gasteiger partial charge < -0.3 is 10.1 Å². The van der Waals surface area contributed by atoms with Crippen LogP contribution in [0, 0.1) is 0 Å². The highest BCUT2D eigenvalue weighted by Gasteiger charge is 2.16. The fourth-order valence-corrected chi connectivity index (χ4v) is 3.38. The van der Waals surface area contributed by atoms with Crippen LogP contribution in [0.2, 0.25) is 0 Å². The molecular weight excluding hydrogens is 300 g/mol. The summed E-state index contributed by atoms with van der Waals surface area (Å²) in [5.41, 5.74) is 2.89. The monoisotopic (exact) mass is 322 g/mol. The van der Waals surface area contributed by atoms with Gasteiger partial charge in [-0.25, -0.2) is 4.98 Å². The number of fused-ring (bicyclic) bond motifs is 1. The average Bonchev–Trinajstić information content (AvgIpc) is 3.11. The molecule has 1 saturated carbocycles. The molecule has 0 spiro atoms. The molecule has 0 radical (unpaired) electrons. The van der Waals surface area contributed by atoms with Gasteiger partial charge in [0.15, 0.2) is 5.65 Å². The molecule has 0 aliphatic heterocycles. The molecule has 1 N–H and O–H groups in total. The number of aromatic nitrogens is 3. The molecule has 4 rings (SSSR count). The fraction of sp³-hybridized carbons (Fsp3) is 0.368. The third-order valence-electron chi connectivity index (χ3n) is 4.70. The number of hydrogen-bond acceptors (Lipinski definition) is 4. The van der Waals surface area contributed by atoms with Crippen molar-refractivity contribution in [2.75, 3.05) is 12.4 Å². The normalized spacial score (nSPS) is 15.5. The number of rotatable bonds is 4. The molecule has 1 aromatic carbocycles. The molecule has 1 fully saturated rings. The lowest BCUT2D eigenvalue weighted by molar-refractivity contribution is 0.415. The molecule has 124 valence electrons. The lowest BCUT2D eigenvalue weighted by Crippen LogP contribution is -2.23. The highest BCUT2D eigenvalue weighted by Crippen LogP contribution is 2.26. The van der Waals surface area contributed by atoms with Crippen LogP contribution < -0.4 is 10.1 Å². The van der Waals surface area contributed by atoms with Crippen LogP contribution in [0.4, 0.5) is 5.82 Å². The number of methoxy groups -OCH3 is 1. The number of anilines is 1. The first-order valence-electron chi connectivity index (χ1n) is 8.59. The van der Waals surface area contributed by atoms with E-state index in [1.807, 2.05) is 34.8 Å². The first-order chi connectivity index (χ1) is 11.8. The molecule has 0 bridgehead atoms. The largest absolute Gasteiger partial charge is 0.497 e. The van der Waals surface area contributed by atoms with Crippen LogP contribution in [0.15, 0.2) is 42.6 Å². The molecule has 1 aliphatic carbocycles. The second-order valence-corrected chi connectivity index (χ2v) is 6.34. The van der Waals surface area contributed by atoms with Crippen molar-refractivity contribution in [3.63, 3.8) is 0 Å². The van der Waals surface area contributed by atoms with Crippen LogP contribution >= 0.6 is 0 Å². The van der Waals surface area contributed by atoms with Crippen molar-refractivity contribution >= 4 is 11.5 Å². The maximum Gasteiger partial charge on any atom is 0.157 e. The summed E-state index contributed by atoms with van der Waals surface area (Å²) in [5.74, 6) is 1.87. The number of ether oxygens (including phenoxy) is 1. The minimum absolute atomic E-state index is 0.525. The van der Waals surface area contributed by atoms with E-state index >= 15 is 0 Å². The summed E-state index contributed by atoms with van der Waals surface area (Å²) in [4.78, 5) is 4.73. The van der Waals surface area contributed by atoms with Gasteiger partial charge in [-0.15, -0.1) is 0 Å². The van der Waals surface area contributed by atoms with E-state index in [0.29, 0.717) is 6.04 Å². The van der Waals surface area contributed by atoms with E-state index in [2.05, 4.69) is 16.5 Å².